The lowest BCUT2D eigenvalue weighted by Crippen LogP contribution is -2.01. The molecule has 0 aromatic heterocycles. The molecule has 210 valence electrons. The summed E-state index contributed by atoms with van der Waals surface area (Å²) in [4.78, 5) is 21.9. The molecule has 4 rings (SSSR count). The summed E-state index contributed by atoms with van der Waals surface area (Å²) in [5.41, 5.74) is 10.8. The van der Waals surface area contributed by atoms with Gasteiger partial charge in [0.2, 0.25) is 0 Å². The lowest BCUT2D eigenvalue weighted by atomic mass is 10.1. The fourth-order valence-corrected chi connectivity index (χ4v) is 4.34. The maximum absolute atomic E-state index is 12.0. The first-order chi connectivity index (χ1) is 19.3. The Balaban J connectivity index is 1.77. The topological polar surface area (TPSA) is 260 Å². The molecular weight excluding hydrogens is 560 g/mol. The molecular formula is C25H20N6O9S. The van der Waals surface area contributed by atoms with Gasteiger partial charge in [-0.3, -0.25) is 4.55 Å². The highest BCUT2D eigenvalue weighted by Gasteiger charge is 2.22. The number of aromatic carboxylic acids is 2. The lowest BCUT2D eigenvalue weighted by molar-refractivity contribution is 0.0696. The summed E-state index contributed by atoms with van der Waals surface area (Å²) in [7, 11) is -3.57. The number of anilines is 2. The molecule has 0 radical (unpaired) electrons. The molecule has 0 amide bonds. The summed E-state index contributed by atoms with van der Waals surface area (Å²) in [6, 6.07) is 11.2. The minimum Gasteiger partial charge on any atom is -0.505 e. The Morgan fingerprint density at radius 3 is 2.05 bits per heavy atom. The minimum atomic E-state index is -4.85. The number of rotatable bonds is 8. The first kappa shape index (κ1) is 28.4. The summed E-state index contributed by atoms with van der Waals surface area (Å²) in [5.74, 6) is -3.30. The Kier molecular flexibility index (Phi) is 7.53. The Morgan fingerprint density at radius 1 is 0.829 bits per heavy atom. The van der Waals surface area contributed by atoms with Crippen molar-refractivity contribution in [3.8, 4) is 11.5 Å². The average Bonchev–Trinajstić information content (AvgIpc) is 2.91. The number of methoxy groups -OCH3 is 1. The molecule has 4 aromatic rings. The van der Waals surface area contributed by atoms with Crippen LogP contribution in [-0.4, -0.2) is 47.3 Å². The van der Waals surface area contributed by atoms with Crippen molar-refractivity contribution in [2.24, 2.45) is 20.5 Å². The van der Waals surface area contributed by atoms with Gasteiger partial charge in [-0.15, -0.1) is 15.3 Å². The maximum atomic E-state index is 12.0. The van der Waals surface area contributed by atoms with Crippen LogP contribution in [0, 0.1) is 0 Å². The third kappa shape index (κ3) is 6.02. The Hall–Kier alpha value is -5.61. The molecule has 0 fully saturated rings. The van der Waals surface area contributed by atoms with Gasteiger partial charge >= 0.3 is 11.9 Å². The highest BCUT2D eigenvalue weighted by molar-refractivity contribution is 7.86. The van der Waals surface area contributed by atoms with Gasteiger partial charge in [-0.1, -0.05) is 6.07 Å². The number of carboxylic acid groups (broad SMARTS) is 2. The van der Waals surface area contributed by atoms with Gasteiger partial charge in [-0.2, -0.15) is 13.5 Å². The molecule has 0 bridgehead atoms. The number of benzene rings is 4. The second-order valence-electron chi connectivity index (χ2n) is 8.39. The summed E-state index contributed by atoms with van der Waals surface area (Å²) in [5, 5.41) is 45.3. The molecule has 41 heavy (non-hydrogen) atoms. The van der Waals surface area contributed by atoms with Crippen LogP contribution in [0.3, 0.4) is 0 Å². The van der Waals surface area contributed by atoms with Crippen LogP contribution in [0.2, 0.25) is 0 Å². The van der Waals surface area contributed by atoms with E-state index < -0.39 is 38.4 Å². The summed E-state index contributed by atoms with van der Waals surface area (Å²) < 4.78 is 39.1. The van der Waals surface area contributed by atoms with E-state index in [1.165, 1.54) is 37.4 Å². The molecule has 0 saturated carbocycles. The molecule has 0 aliphatic carbocycles. The zero-order chi connectivity index (χ0) is 30.1. The Morgan fingerprint density at radius 2 is 1.46 bits per heavy atom. The highest BCUT2D eigenvalue weighted by atomic mass is 32.2. The van der Waals surface area contributed by atoms with E-state index in [0.29, 0.717) is 0 Å². The van der Waals surface area contributed by atoms with Crippen molar-refractivity contribution < 1.29 is 42.6 Å². The molecule has 0 unspecified atom stereocenters. The fourth-order valence-electron chi connectivity index (χ4n) is 3.69. The SMILES string of the molecule is COc1cc(N=Nc2cc(C(=O)O)cc(C(=O)O)c2)c(N)cc1N=Nc1c(S(=O)(=O)O)cc2ccc(N)cc2c1O. The van der Waals surface area contributed by atoms with E-state index in [9.17, 15) is 37.9 Å². The van der Waals surface area contributed by atoms with Gasteiger partial charge in [0.05, 0.1) is 29.6 Å². The standard InChI is InChI=1S/C25H20N6O9S/c1-40-20-10-18(29-28-15-5-12(24(33)34)4-13(6-15)25(35)36)17(27)9-19(20)30-31-22-21(41(37,38)39)7-11-2-3-14(26)8-16(11)23(22)32/h2-10,32H,26-27H2,1H3,(H,33,34)(H,35,36)(H,37,38,39). The molecule has 0 saturated heterocycles. The normalized spacial score (nSPS) is 11.9. The number of hydrogen-bond acceptors (Lipinski definition) is 12. The van der Waals surface area contributed by atoms with Crippen LogP contribution >= 0.6 is 0 Å². The Labute approximate surface area is 230 Å². The van der Waals surface area contributed by atoms with Crippen LogP contribution in [0.5, 0.6) is 11.5 Å². The molecule has 8 N–H and O–H groups in total. The number of carboxylic acids is 2. The zero-order valence-electron chi connectivity index (χ0n) is 20.9. The maximum Gasteiger partial charge on any atom is 0.335 e. The van der Waals surface area contributed by atoms with Crippen molar-refractivity contribution in [1.82, 2.24) is 0 Å². The number of nitrogens with zero attached hydrogens (tertiary/aromatic N) is 4. The minimum absolute atomic E-state index is 0.0261. The number of ether oxygens (including phenoxy) is 1. The van der Waals surface area contributed by atoms with Gasteiger partial charge in [-0.25, -0.2) is 9.59 Å². The average molecular weight is 581 g/mol. The van der Waals surface area contributed by atoms with Crippen LogP contribution < -0.4 is 16.2 Å². The molecule has 15 nitrogen and oxygen atoms in total. The van der Waals surface area contributed by atoms with E-state index >= 15 is 0 Å². The number of phenols is 1. The van der Waals surface area contributed by atoms with Crippen LogP contribution in [0.1, 0.15) is 20.7 Å². The van der Waals surface area contributed by atoms with Gasteiger partial charge in [0, 0.05) is 17.1 Å². The molecule has 0 aliphatic rings. The molecule has 4 aromatic carbocycles. The van der Waals surface area contributed by atoms with Crippen molar-refractivity contribution >= 4 is 67.0 Å². The van der Waals surface area contributed by atoms with Crippen LogP contribution in [0.4, 0.5) is 34.1 Å². The molecule has 0 atom stereocenters. The monoisotopic (exact) mass is 580 g/mol. The van der Waals surface area contributed by atoms with Gasteiger partial charge < -0.3 is 31.5 Å². The van der Waals surface area contributed by atoms with Crippen molar-refractivity contribution in [2.45, 2.75) is 4.90 Å². The van der Waals surface area contributed by atoms with Crippen LogP contribution in [-0.2, 0) is 10.1 Å². The second kappa shape index (κ2) is 10.9. The van der Waals surface area contributed by atoms with Gasteiger partial charge in [0.15, 0.2) is 5.75 Å². The van der Waals surface area contributed by atoms with E-state index in [1.807, 2.05) is 0 Å². The number of carbonyl (C=O) groups is 2. The van der Waals surface area contributed by atoms with E-state index in [2.05, 4.69) is 20.5 Å². The summed E-state index contributed by atoms with van der Waals surface area (Å²) in [6.45, 7) is 0. The smallest absolute Gasteiger partial charge is 0.335 e. The van der Waals surface area contributed by atoms with E-state index in [-0.39, 0.29) is 56.1 Å². The van der Waals surface area contributed by atoms with Crippen molar-refractivity contribution in [3.05, 3.63) is 65.7 Å². The number of nitrogen functional groups attached to an aromatic ring is 2. The molecule has 0 aliphatic heterocycles. The molecule has 16 heteroatoms. The van der Waals surface area contributed by atoms with E-state index in [1.54, 1.807) is 0 Å². The van der Waals surface area contributed by atoms with E-state index in [0.717, 1.165) is 24.3 Å². The van der Waals surface area contributed by atoms with E-state index in [4.69, 9.17) is 16.2 Å². The van der Waals surface area contributed by atoms with Gasteiger partial charge in [0.1, 0.15) is 27.7 Å². The fraction of sp³-hybridized carbons (Fsp3) is 0.0400. The predicted molar refractivity (Wildman–Crippen MR) is 146 cm³/mol. The number of fused-ring (bicyclic) bond motifs is 1. The van der Waals surface area contributed by atoms with Crippen molar-refractivity contribution in [3.63, 3.8) is 0 Å². The van der Waals surface area contributed by atoms with Crippen LogP contribution in [0.15, 0.2) is 79.9 Å². The number of aromatic hydroxyl groups is 1. The Bertz CT molecular complexity index is 1870. The molecule has 0 heterocycles. The first-order valence-electron chi connectivity index (χ1n) is 11.2. The third-order valence-corrected chi connectivity index (χ3v) is 6.49. The molecule has 0 spiro atoms. The number of azo groups is 2. The van der Waals surface area contributed by atoms with Gasteiger partial charge in [0.25, 0.3) is 10.1 Å². The predicted octanol–water partition coefficient (Wildman–Crippen LogP) is 5.19. The second-order valence-corrected chi connectivity index (χ2v) is 9.78. The quantitative estimate of drug-likeness (QED) is 0.0896. The largest absolute Gasteiger partial charge is 0.505 e. The first-order valence-corrected chi connectivity index (χ1v) is 12.7. The van der Waals surface area contributed by atoms with Crippen LogP contribution in [0.25, 0.3) is 10.8 Å². The zero-order valence-corrected chi connectivity index (χ0v) is 21.7. The highest BCUT2D eigenvalue weighted by Crippen LogP contribution is 2.43. The van der Waals surface area contributed by atoms with Crippen molar-refractivity contribution in [2.75, 3.05) is 18.6 Å². The number of phenolic OH excluding ortho intramolecular Hbond substituents is 1. The summed E-state index contributed by atoms with van der Waals surface area (Å²) >= 11 is 0. The van der Waals surface area contributed by atoms with Crippen molar-refractivity contribution in [1.29, 1.82) is 0 Å². The van der Waals surface area contributed by atoms with Gasteiger partial charge in [-0.05, 0) is 47.9 Å². The lowest BCUT2D eigenvalue weighted by Gasteiger charge is -2.10. The number of nitrogens with two attached hydrogens (primary N) is 2. The number of hydrogen-bond donors (Lipinski definition) is 6. The third-order valence-electron chi connectivity index (χ3n) is 5.63. The summed E-state index contributed by atoms with van der Waals surface area (Å²) in [6.07, 6.45) is 0.